The van der Waals surface area contributed by atoms with Crippen molar-refractivity contribution in [3.63, 3.8) is 0 Å². The topological polar surface area (TPSA) is 58.0 Å². The highest BCUT2D eigenvalue weighted by Gasteiger charge is 2.11. The van der Waals surface area contributed by atoms with Crippen molar-refractivity contribution in [1.82, 2.24) is 9.78 Å². The fourth-order valence-electron chi connectivity index (χ4n) is 1.78. The van der Waals surface area contributed by atoms with Gasteiger partial charge >= 0.3 is 0 Å². The highest BCUT2D eigenvalue weighted by molar-refractivity contribution is 5.33. The van der Waals surface area contributed by atoms with E-state index in [0.717, 1.165) is 0 Å². The molecule has 90 valence electrons. The molecular formula is C12H13FN2O2. The summed E-state index contributed by atoms with van der Waals surface area (Å²) in [7, 11) is 0. The molecule has 0 fully saturated rings. The third kappa shape index (κ3) is 2.14. The number of aliphatic hydroxyl groups excluding tert-OH is 1. The number of nitrogens with zero attached hydrogens (tertiary/aromatic N) is 1. The SMILES string of the molecule is Cc1[nH]n(-c2cccc(F)c2)c(=O)c1CCO. The van der Waals surface area contributed by atoms with Crippen LogP contribution in [0.3, 0.4) is 0 Å². The average molecular weight is 236 g/mol. The number of aliphatic hydroxyl groups is 1. The van der Waals surface area contributed by atoms with Crippen LogP contribution in [0.5, 0.6) is 0 Å². The Hall–Kier alpha value is -1.88. The van der Waals surface area contributed by atoms with Gasteiger partial charge in [0.25, 0.3) is 5.56 Å². The van der Waals surface area contributed by atoms with Crippen LogP contribution in [0.1, 0.15) is 11.3 Å². The summed E-state index contributed by atoms with van der Waals surface area (Å²) in [4.78, 5) is 12.0. The first-order valence-corrected chi connectivity index (χ1v) is 5.31. The number of hydrogen-bond acceptors (Lipinski definition) is 2. The lowest BCUT2D eigenvalue weighted by atomic mass is 10.2. The van der Waals surface area contributed by atoms with E-state index in [2.05, 4.69) is 5.10 Å². The summed E-state index contributed by atoms with van der Waals surface area (Å²) < 4.78 is 14.4. The maximum Gasteiger partial charge on any atom is 0.274 e. The summed E-state index contributed by atoms with van der Waals surface area (Å²) >= 11 is 0. The van der Waals surface area contributed by atoms with E-state index < -0.39 is 5.82 Å². The van der Waals surface area contributed by atoms with Gasteiger partial charge in [0.2, 0.25) is 0 Å². The Balaban J connectivity index is 2.54. The van der Waals surface area contributed by atoms with E-state index in [1.54, 1.807) is 19.1 Å². The quantitative estimate of drug-likeness (QED) is 0.839. The molecule has 0 bridgehead atoms. The Kier molecular flexibility index (Phi) is 3.10. The van der Waals surface area contributed by atoms with Gasteiger partial charge in [-0.15, -0.1) is 0 Å². The summed E-state index contributed by atoms with van der Waals surface area (Å²) in [6.45, 7) is 1.67. The highest BCUT2D eigenvalue weighted by Crippen LogP contribution is 2.09. The second-order valence-corrected chi connectivity index (χ2v) is 3.81. The van der Waals surface area contributed by atoms with E-state index in [-0.39, 0.29) is 12.2 Å². The lowest BCUT2D eigenvalue weighted by molar-refractivity contribution is 0.299. The second kappa shape index (κ2) is 4.55. The first kappa shape index (κ1) is 11.6. The largest absolute Gasteiger partial charge is 0.396 e. The minimum Gasteiger partial charge on any atom is -0.396 e. The van der Waals surface area contributed by atoms with Crippen molar-refractivity contribution in [2.75, 3.05) is 6.61 Å². The normalized spacial score (nSPS) is 10.8. The molecule has 0 spiro atoms. The molecular weight excluding hydrogens is 223 g/mol. The molecule has 1 heterocycles. The zero-order valence-corrected chi connectivity index (χ0v) is 9.40. The van der Waals surface area contributed by atoms with E-state index >= 15 is 0 Å². The number of rotatable bonds is 3. The lowest BCUT2D eigenvalue weighted by Gasteiger charge is -2.00. The monoisotopic (exact) mass is 236 g/mol. The Labute approximate surface area is 97.3 Å². The van der Waals surface area contributed by atoms with Crippen LogP contribution < -0.4 is 5.56 Å². The molecule has 2 rings (SSSR count). The molecule has 0 unspecified atom stereocenters. The zero-order chi connectivity index (χ0) is 12.4. The van der Waals surface area contributed by atoms with Gasteiger partial charge in [-0.3, -0.25) is 9.89 Å². The summed E-state index contributed by atoms with van der Waals surface area (Å²) in [5.74, 6) is -0.398. The molecule has 1 aromatic carbocycles. The van der Waals surface area contributed by atoms with Crippen molar-refractivity contribution in [1.29, 1.82) is 0 Å². The molecule has 2 N–H and O–H groups in total. The minimum atomic E-state index is -0.398. The van der Waals surface area contributed by atoms with Gasteiger partial charge in [-0.2, -0.15) is 0 Å². The van der Waals surface area contributed by atoms with Gasteiger partial charge in [0.15, 0.2) is 0 Å². The number of aromatic amines is 1. The molecule has 0 amide bonds. The van der Waals surface area contributed by atoms with Crippen LogP contribution in [-0.2, 0) is 6.42 Å². The fraction of sp³-hybridized carbons (Fsp3) is 0.250. The van der Waals surface area contributed by atoms with E-state index in [1.807, 2.05) is 0 Å². The zero-order valence-electron chi connectivity index (χ0n) is 9.40. The highest BCUT2D eigenvalue weighted by atomic mass is 19.1. The molecule has 1 aromatic heterocycles. The molecule has 0 saturated heterocycles. The van der Waals surface area contributed by atoms with Crippen molar-refractivity contribution in [2.24, 2.45) is 0 Å². The van der Waals surface area contributed by atoms with Crippen molar-refractivity contribution in [3.8, 4) is 5.69 Å². The Morgan fingerprint density at radius 2 is 2.24 bits per heavy atom. The molecule has 0 aliphatic rings. The summed E-state index contributed by atoms with van der Waals surface area (Å²) in [5, 5.41) is 11.7. The smallest absolute Gasteiger partial charge is 0.274 e. The number of aromatic nitrogens is 2. The van der Waals surface area contributed by atoms with Crippen LogP contribution in [0, 0.1) is 12.7 Å². The lowest BCUT2D eigenvalue weighted by Crippen LogP contribution is -2.18. The maximum atomic E-state index is 13.1. The van der Waals surface area contributed by atoms with E-state index in [9.17, 15) is 9.18 Å². The van der Waals surface area contributed by atoms with Crippen LogP contribution in [0.4, 0.5) is 4.39 Å². The van der Waals surface area contributed by atoms with Gasteiger partial charge in [0.05, 0.1) is 5.69 Å². The van der Waals surface area contributed by atoms with Crippen molar-refractivity contribution < 1.29 is 9.50 Å². The van der Waals surface area contributed by atoms with Crippen molar-refractivity contribution in [3.05, 3.63) is 51.7 Å². The standard InChI is InChI=1S/C12H13FN2O2/c1-8-11(5-6-16)12(17)15(14-8)10-4-2-3-9(13)7-10/h2-4,7,14,16H,5-6H2,1H3. The number of hydrogen-bond donors (Lipinski definition) is 2. The second-order valence-electron chi connectivity index (χ2n) is 3.81. The Morgan fingerprint density at radius 3 is 2.88 bits per heavy atom. The van der Waals surface area contributed by atoms with Crippen LogP contribution >= 0.6 is 0 Å². The van der Waals surface area contributed by atoms with E-state index in [1.165, 1.54) is 16.8 Å². The van der Waals surface area contributed by atoms with E-state index in [4.69, 9.17) is 5.11 Å². The first-order valence-electron chi connectivity index (χ1n) is 5.31. The molecule has 0 aliphatic heterocycles. The van der Waals surface area contributed by atoms with Gasteiger partial charge in [-0.25, -0.2) is 9.07 Å². The fourth-order valence-corrected chi connectivity index (χ4v) is 1.78. The third-order valence-electron chi connectivity index (χ3n) is 2.62. The summed E-state index contributed by atoms with van der Waals surface area (Å²) in [5.41, 5.74) is 1.41. The van der Waals surface area contributed by atoms with Crippen molar-refractivity contribution >= 4 is 0 Å². The molecule has 0 atom stereocenters. The molecule has 5 heteroatoms. The summed E-state index contributed by atoms with van der Waals surface area (Å²) in [6, 6.07) is 5.78. The number of benzene rings is 1. The first-order chi connectivity index (χ1) is 8.13. The molecule has 0 radical (unpaired) electrons. The Morgan fingerprint density at radius 1 is 1.47 bits per heavy atom. The molecule has 0 saturated carbocycles. The Bertz CT molecular complexity index is 586. The van der Waals surface area contributed by atoms with Crippen LogP contribution in [-0.4, -0.2) is 21.5 Å². The van der Waals surface area contributed by atoms with Gasteiger partial charge < -0.3 is 5.11 Å². The third-order valence-corrected chi connectivity index (χ3v) is 2.62. The predicted molar refractivity (Wildman–Crippen MR) is 61.9 cm³/mol. The van der Waals surface area contributed by atoms with Gasteiger partial charge in [-0.05, 0) is 25.1 Å². The minimum absolute atomic E-state index is 0.0862. The number of nitrogens with one attached hydrogen (secondary N) is 1. The van der Waals surface area contributed by atoms with Crippen LogP contribution in [0.25, 0.3) is 5.69 Å². The number of aryl methyl sites for hydroxylation is 1. The van der Waals surface area contributed by atoms with Crippen LogP contribution in [0.15, 0.2) is 29.1 Å². The van der Waals surface area contributed by atoms with E-state index in [0.29, 0.717) is 23.4 Å². The summed E-state index contributed by atoms with van der Waals surface area (Å²) in [6.07, 6.45) is 0.295. The molecule has 2 aromatic rings. The van der Waals surface area contributed by atoms with Gasteiger partial charge in [0.1, 0.15) is 5.82 Å². The number of halogens is 1. The predicted octanol–water partition coefficient (Wildman–Crippen LogP) is 1.15. The molecule has 17 heavy (non-hydrogen) atoms. The maximum absolute atomic E-state index is 13.1. The van der Waals surface area contributed by atoms with Crippen molar-refractivity contribution in [2.45, 2.75) is 13.3 Å². The van der Waals surface area contributed by atoms with Gasteiger partial charge in [0, 0.05) is 24.3 Å². The number of H-pyrrole nitrogens is 1. The molecule has 0 aliphatic carbocycles. The van der Waals surface area contributed by atoms with Crippen LogP contribution in [0.2, 0.25) is 0 Å². The molecule has 4 nitrogen and oxygen atoms in total. The average Bonchev–Trinajstić information content (AvgIpc) is 2.57. The van der Waals surface area contributed by atoms with Gasteiger partial charge in [-0.1, -0.05) is 6.07 Å².